The van der Waals surface area contributed by atoms with Gasteiger partial charge in [-0.1, -0.05) is 25.7 Å². The average molecular weight is 304 g/mol. The number of hydrogen-bond acceptors (Lipinski definition) is 3. The van der Waals surface area contributed by atoms with Gasteiger partial charge >= 0.3 is 0 Å². The van der Waals surface area contributed by atoms with Gasteiger partial charge in [0.2, 0.25) is 0 Å². The lowest BCUT2D eigenvalue weighted by molar-refractivity contribution is -0.0784. The largest absolute Gasteiger partial charge is 0.377 e. The molecule has 3 aliphatic rings. The number of rotatable bonds is 3. The Morgan fingerprint density at radius 2 is 2.09 bits per heavy atom. The van der Waals surface area contributed by atoms with Gasteiger partial charge in [0.1, 0.15) is 5.82 Å². The molecule has 0 spiro atoms. The summed E-state index contributed by atoms with van der Waals surface area (Å²) in [7, 11) is 0. The fourth-order valence-corrected chi connectivity index (χ4v) is 4.63. The first kappa shape index (κ1) is 14.1. The second-order valence-electron chi connectivity index (χ2n) is 6.80. The number of pyridine rings is 1. The lowest BCUT2D eigenvalue weighted by Gasteiger charge is -2.50. The van der Waals surface area contributed by atoms with E-state index in [9.17, 15) is 9.18 Å². The molecule has 1 aliphatic heterocycles. The fourth-order valence-electron chi connectivity index (χ4n) is 4.63. The van der Waals surface area contributed by atoms with Crippen LogP contribution in [0.4, 0.5) is 4.39 Å². The third-order valence-electron chi connectivity index (χ3n) is 5.65. The lowest BCUT2D eigenvalue weighted by Crippen LogP contribution is -2.63. The molecule has 1 aromatic rings. The van der Waals surface area contributed by atoms with Crippen molar-refractivity contribution in [1.29, 1.82) is 0 Å². The number of nitrogens with zero attached hydrogens (tertiary/aromatic N) is 1. The number of ether oxygens (including phenoxy) is 1. The van der Waals surface area contributed by atoms with Crippen molar-refractivity contribution in [3.05, 3.63) is 29.8 Å². The van der Waals surface area contributed by atoms with Crippen LogP contribution < -0.4 is 5.32 Å². The average Bonchev–Trinajstić information content (AvgIpc) is 3.15. The molecule has 0 aromatic carbocycles. The van der Waals surface area contributed by atoms with E-state index in [-0.39, 0.29) is 11.9 Å². The maximum absolute atomic E-state index is 13.2. The first-order valence-electron chi connectivity index (χ1n) is 8.27. The first-order chi connectivity index (χ1) is 10.7. The zero-order valence-corrected chi connectivity index (χ0v) is 12.5. The van der Waals surface area contributed by atoms with Crippen LogP contribution in [0.2, 0.25) is 0 Å². The van der Waals surface area contributed by atoms with Crippen LogP contribution in [0.5, 0.6) is 0 Å². The highest BCUT2D eigenvalue weighted by molar-refractivity contribution is 5.94. The Hall–Kier alpha value is -1.49. The van der Waals surface area contributed by atoms with Crippen molar-refractivity contribution in [2.75, 3.05) is 6.61 Å². The molecule has 4 rings (SSSR count). The molecule has 3 fully saturated rings. The van der Waals surface area contributed by atoms with Gasteiger partial charge in [-0.2, -0.15) is 0 Å². The van der Waals surface area contributed by atoms with E-state index in [1.807, 2.05) is 0 Å². The Kier molecular flexibility index (Phi) is 3.60. The van der Waals surface area contributed by atoms with Gasteiger partial charge in [0.15, 0.2) is 0 Å². The number of halogens is 1. The zero-order valence-electron chi connectivity index (χ0n) is 12.5. The molecular formula is C17H21FN2O2. The third kappa shape index (κ3) is 2.32. The molecule has 4 nitrogen and oxygen atoms in total. The van der Waals surface area contributed by atoms with Crippen molar-refractivity contribution in [3.63, 3.8) is 0 Å². The van der Waals surface area contributed by atoms with Crippen molar-refractivity contribution < 1.29 is 13.9 Å². The van der Waals surface area contributed by atoms with Gasteiger partial charge in [-0.05, 0) is 18.4 Å². The molecule has 2 aliphatic carbocycles. The van der Waals surface area contributed by atoms with Crippen LogP contribution in [-0.4, -0.2) is 29.6 Å². The van der Waals surface area contributed by atoms with E-state index in [2.05, 4.69) is 10.3 Å². The third-order valence-corrected chi connectivity index (χ3v) is 5.65. The maximum Gasteiger partial charge on any atom is 0.253 e. The summed E-state index contributed by atoms with van der Waals surface area (Å²) >= 11 is 0. The molecule has 2 saturated carbocycles. The predicted molar refractivity (Wildman–Crippen MR) is 78.7 cm³/mol. The highest BCUT2D eigenvalue weighted by Gasteiger charge is 2.57. The van der Waals surface area contributed by atoms with E-state index in [0.717, 1.165) is 19.2 Å². The van der Waals surface area contributed by atoms with Crippen LogP contribution in [0.25, 0.3) is 0 Å². The molecule has 0 unspecified atom stereocenters. The smallest absolute Gasteiger partial charge is 0.253 e. The van der Waals surface area contributed by atoms with Crippen LogP contribution in [0.1, 0.15) is 42.5 Å². The van der Waals surface area contributed by atoms with Crippen LogP contribution in [0.15, 0.2) is 18.5 Å². The second kappa shape index (κ2) is 5.61. The van der Waals surface area contributed by atoms with Gasteiger partial charge in [-0.3, -0.25) is 9.78 Å². The Labute approximate surface area is 129 Å². The monoisotopic (exact) mass is 304 g/mol. The molecule has 2 heterocycles. The number of fused-ring (bicyclic) bond motifs is 1. The number of carbonyl (C=O) groups is 1. The zero-order chi connectivity index (χ0) is 15.1. The summed E-state index contributed by atoms with van der Waals surface area (Å²) in [5, 5.41) is 3.13. The van der Waals surface area contributed by atoms with Crippen molar-refractivity contribution in [3.8, 4) is 0 Å². The minimum absolute atomic E-state index is 0.173. The number of nitrogens with one attached hydrogen (secondary N) is 1. The molecule has 1 N–H and O–H groups in total. The van der Waals surface area contributed by atoms with Crippen LogP contribution in [0, 0.1) is 23.6 Å². The SMILES string of the molecule is O=C(N[C@H]1[C@H]2CCO[C@H]2[C@H]1C1CCCC1)c1cncc(F)c1. The van der Waals surface area contributed by atoms with Gasteiger partial charge in [-0.15, -0.1) is 0 Å². The summed E-state index contributed by atoms with van der Waals surface area (Å²) in [6.45, 7) is 0.798. The van der Waals surface area contributed by atoms with E-state index < -0.39 is 5.82 Å². The minimum Gasteiger partial charge on any atom is -0.377 e. The van der Waals surface area contributed by atoms with Gasteiger partial charge in [0.25, 0.3) is 5.91 Å². The van der Waals surface area contributed by atoms with Gasteiger partial charge in [0.05, 0.1) is 17.9 Å². The lowest BCUT2D eigenvalue weighted by atomic mass is 9.61. The Morgan fingerprint density at radius 3 is 2.86 bits per heavy atom. The van der Waals surface area contributed by atoms with E-state index in [4.69, 9.17) is 4.74 Å². The summed E-state index contributed by atoms with van der Waals surface area (Å²) in [6, 6.07) is 1.42. The van der Waals surface area contributed by atoms with Crippen molar-refractivity contribution in [2.24, 2.45) is 17.8 Å². The van der Waals surface area contributed by atoms with E-state index in [1.165, 1.54) is 37.9 Å². The number of carbonyl (C=O) groups excluding carboxylic acids is 1. The number of amides is 1. The normalized spacial score (nSPS) is 34.2. The Morgan fingerprint density at radius 1 is 1.27 bits per heavy atom. The topological polar surface area (TPSA) is 51.2 Å². The summed E-state index contributed by atoms with van der Waals surface area (Å²) in [4.78, 5) is 16.1. The first-order valence-corrected chi connectivity index (χ1v) is 8.27. The summed E-state index contributed by atoms with van der Waals surface area (Å²) in [6.07, 6.45) is 8.92. The number of aromatic nitrogens is 1. The Balaban J connectivity index is 1.49. The highest BCUT2D eigenvalue weighted by Crippen LogP contribution is 2.51. The van der Waals surface area contributed by atoms with E-state index in [1.54, 1.807) is 0 Å². The molecule has 118 valence electrons. The van der Waals surface area contributed by atoms with Crippen LogP contribution in [-0.2, 0) is 4.74 Å². The quantitative estimate of drug-likeness (QED) is 0.933. The van der Waals surface area contributed by atoms with Crippen molar-refractivity contribution in [1.82, 2.24) is 10.3 Å². The summed E-state index contributed by atoms with van der Waals surface area (Å²) in [5.41, 5.74) is 0.299. The molecule has 1 aromatic heterocycles. The predicted octanol–water partition coefficient (Wildman–Crippen LogP) is 2.54. The summed E-state index contributed by atoms with van der Waals surface area (Å²) in [5.74, 6) is 0.827. The summed E-state index contributed by atoms with van der Waals surface area (Å²) < 4.78 is 19.1. The molecule has 22 heavy (non-hydrogen) atoms. The standard InChI is InChI=1S/C17H21FN2O2/c18-12-7-11(8-19-9-12)17(21)20-15-13-5-6-22-16(13)14(15)10-3-1-2-4-10/h7-10,13-16H,1-6H2,(H,20,21)/t13-,14+,15+,16-/m1/s1. The molecule has 4 atom stereocenters. The van der Waals surface area contributed by atoms with Crippen molar-refractivity contribution >= 4 is 5.91 Å². The molecule has 1 saturated heterocycles. The molecule has 1 amide bonds. The van der Waals surface area contributed by atoms with Crippen LogP contribution in [0.3, 0.4) is 0 Å². The van der Waals surface area contributed by atoms with E-state index >= 15 is 0 Å². The molecular weight excluding hydrogens is 283 g/mol. The maximum atomic E-state index is 13.2. The second-order valence-corrected chi connectivity index (χ2v) is 6.80. The van der Waals surface area contributed by atoms with Gasteiger partial charge in [-0.25, -0.2) is 4.39 Å². The van der Waals surface area contributed by atoms with Crippen molar-refractivity contribution in [2.45, 2.75) is 44.2 Å². The highest BCUT2D eigenvalue weighted by atomic mass is 19.1. The van der Waals surface area contributed by atoms with Crippen LogP contribution >= 0.6 is 0 Å². The minimum atomic E-state index is -0.476. The molecule has 0 bridgehead atoms. The Bertz CT molecular complexity index is 569. The fraction of sp³-hybridized carbons (Fsp3) is 0.647. The molecule has 0 radical (unpaired) electrons. The van der Waals surface area contributed by atoms with Gasteiger partial charge < -0.3 is 10.1 Å². The number of hydrogen-bond donors (Lipinski definition) is 1. The van der Waals surface area contributed by atoms with E-state index in [0.29, 0.717) is 29.4 Å². The molecule has 5 heteroatoms. The van der Waals surface area contributed by atoms with Gasteiger partial charge in [0, 0.05) is 30.7 Å².